The van der Waals surface area contributed by atoms with E-state index >= 15 is 0 Å². The second kappa shape index (κ2) is 36.8. The van der Waals surface area contributed by atoms with Gasteiger partial charge in [-0.1, -0.05) is 219 Å². The molecule has 0 N–H and O–H groups in total. The van der Waals surface area contributed by atoms with Crippen LogP contribution >= 0.6 is 0 Å². The molecule has 0 aliphatic heterocycles. The highest BCUT2D eigenvalue weighted by Gasteiger charge is 2.21. The number of unbranched alkanes of at least 4 members (excludes halogenated alkanes) is 32. The monoisotopic (exact) mass is 618 g/mol. The number of rotatable bonds is 38. The first-order chi connectivity index (χ1) is 21.6. The zero-order valence-electron chi connectivity index (χ0n) is 30.8. The number of hydrogen-bond acceptors (Lipinski definition) is 2. The van der Waals surface area contributed by atoms with Crippen LogP contribution in [0.4, 0.5) is 0 Å². The van der Waals surface area contributed by atoms with Crippen molar-refractivity contribution < 1.29 is 9.59 Å². The maximum absolute atomic E-state index is 12.5. The Bertz CT molecular complexity index is 532. The normalized spacial score (nSPS) is 11.5. The first-order valence-corrected chi connectivity index (χ1v) is 20.5. The zero-order valence-corrected chi connectivity index (χ0v) is 30.8. The van der Waals surface area contributed by atoms with Crippen LogP contribution in [0.5, 0.6) is 0 Å². The molecule has 0 aromatic carbocycles. The van der Waals surface area contributed by atoms with E-state index in [1.165, 1.54) is 193 Å². The van der Waals surface area contributed by atoms with Crippen LogP contribution in [0.1, 0.15) is 252 Å². The SMILES string of the molecule is CCCCCCCCCCCCCCCCCCCC(=O)[C](C)C(=O)CCCCCCCCCCCCCCCCCCC. The van der Waals surface area contributed by atoms with Gasteiger partial charge >= 0.3 is 0 Å². The standard InChI is InChI=1S/C42H81O2/c1-4-6-8-10-12-14-16-18-20-22-24-26-28-30-32-34-36-38-41(43)40(3)42(44)39-37-35-33-31-29-27-25-23-21-19-17-15-13-11-9-7-5-2/h4-39H2,1-3H3. The summed E-state index contributed by atoms with van der Waals surface area (Å²) in [6.07, 6.45) is 47.0. The average molecular weight is 618 g/mol. The maximum Gasteiger partial charge on any atom is 0.147 e. The van der Waals surface area contributed by atoms with Crippen LogP contribution in [-0.2, 0) is 9.59 Å². The predicted octanol–water partition coefficient (Wildman–Crippen LogP) is 14.8. The van der Waals surface area contributed by atoms with E-state index < -0.39 is 0 Å². The molecule has 0 aliphatic rings. The first-order valence-electron chi connectivity index (χ1n) is 20.5. The van der Waals surface area contributed by atoms with Crippen LogP contribution in [0.2, 0.25) is 0 Å². The van der Waals surface area contributed by atoms with E-state index in [0.717, 1.165) is 25.7 Å². The quantitative estimate of drug-likeness (QED) is 0.0510. The van der Waals surface area contributed by atoms with Crippen LogP contribution in [0.15, 0.2) is 0 Å². The van der Waals surface area contributed by atoms with Gasteiger partial charge in [0.1, 0.15) is 17.5 Å². The molecule has 0 rings (SSSR count). The van der Waals surface area contributed by atoms with Gasteiger partial charge in [0.05, 0.1) is 0 Å². The lowest BCUT2D eigenvalue weighted by atomic mass is 9.93. The summed E-state index contributed by atoms with van der Waals surface area (Å²) in [5, 5.41) is 0. The van der Waals surface area contributed by atoms with Crippen LogP contribution in [0, 0.1) is 5.92 Å². The third-order valence-corrected chi connectivity index (χ3v) is 9.85. The van der Waals surface area contributed by atoms with Crippen molar-refractivity contribution in [2.45, 2.75) is 252 Å². The summed E-state index contributed by atoms with van der Waals surface area (Å²) < 4.78 is 0. The molecule has 0 atom stereocenters. The molecule has 2 heteroatoms. The summed E-state index contributed by atoms with van der Waals surface area (Å²) in [7, 11) is 0. The lowest BCUT2D eigenvalue weighted by molar-refractivity contribution is -0.124. The van der Waals surface area contributed by atoms with Crippen molar-refractivity contribution >= 4 is 11.6 Å². The molecular formula is C42H81O2. The van der Waals surface area contributed by atoms with Gasteiger partial charge < -0.3 is 0 Å². The van der Waals surface area contributed by atoms with E-state index in [0.29, 0.717) is 18.8 Å². The minimum absolute atomic E-state index is 0.0999. The molecule has 0 bridgehead atoms. The Morgan fingerprint density at radius 3 is 0.614 bits per heavy atom. The minimum atomic E-state index is 0.0999. The highest BCUT2D eigenvalue weighted by molar-refractivity contribution is 6.15. The largest absolute Gasteiger partial charge is 0.299 e. The van der Waals surface area contributed by atoms with Gasteiger partial charge in [-0.2, -0.15) is 0 Å². The molecule has 0 heterocycles. The molecule has 44 heavy (non-hydrogen) atoms. The topological polar surface area (TPSA) is 34.1 Å². The van der Waals surface area contributed by atoms with Crippen molar-refractivity contribution in [3.8, 4) is 0 Å². The summed E-state index contributed by atoms with van der Waals surface area (Å²) in [5.41, 5.74) is 0. The molecule has 0 fully saturated rings. The summed E-state index contributed by atoms with van der Waals surface area (Å²) in [6.45, 7) is 6.35. The third-order valence-electron chi connectivity index (χ3n) is 9.85. The molecule has 0 unspecified atom stereocenters. The second-order valence-corrected chi connectivity index (χ2v) is 14.3. The molecule has 0 aromatic heterocycles. The van der Waals surface area contributed by atoms with Gasteiger partial charge in [-0.3, -0.25) is 9.59 Å². The summed E-state index contributed by atoms with van der Waals surface area (Å²) in [6, 6.07) is 0. The van der Waals surface area contributed by atoms with Gasteiger partial charge in [-0.15, -0.1) is 0 Å². The van der Waals surface area contributed by atoms with E-state index in [4.69, 9.17) is 0 Å². The van der Waals surface area contributed by atoms with E-state index in [-0.39, 0.29) is 11.6 Å². The Labute approximate surface area is 278 Å². The van der Waals surface area contributed by atoms with Gasteiger partial charge in [-0.05, 0) is 19.8 Å². The minimum Gasteiger partial charge on any atom is -0.299 e. The number of ketones is 2. The van der Waals surface area contributed by atoms with Gasteiger partial charge in [0.15, 0.2) is 0 Å². The van der Waals surface area contributed by atoms with Crippen LogP contribution in [0.25, 0.3) is 0 Å². The number of carbonyl (C=O) groups is 2. The third kappa shape index (κ3) is 32.7. The van der Waals surface area contributed by atoms with Crippen LogP contribution in [0.3, 0.4) is 0 Å². The highest BCUT2D eigenvalue weighted by atomic mass is 16.1. The second-order valence-electron chi connectivity index (χ2n) is 14.3. The molecule has 2 nitrogen and oxygen atoms in total. The predicted molar refractivity (Wildman–Crippen MR) is 196 cm³/mol. The molecule has 0 aliphatic carbocycles. The number of carbonyl (C=O) groups excluding carboxylic acids is 2. The van der Waals surface area contributed by atoms with Crippen molar-refractivity contribution in [1.82, 2.24) is 0 Å². The summed E-state index contributed by atoms with van der Waals surface area (Å²) in [4.78, 5) is 24.9. The fourth-order valence-corrected chi connectivity index (χ4v) is 6.55. The Hall–Kier alpha value is -0.660. The van der Waals surface area contributed by atoms with Crippen molar-refractivity contribution in [3.05, 3.63) is 5.92 Å². The fraction of sp³-hybridized carbons (Fsp3) is 0.929. The van der Waals surface area contributed by atoms with Crippen molar-refractivity contribution in [2.24, 2.45) is 0 Å². The Morgan fingerprint density at radius 1 is 0.273 bits per heavy atom. The maximum atomic E-state index is 12.5. The lowest BCUT2D eigenvalue weighted by Gasteiger charge is -2.09. The van der Waals surface area contributed by atoms with Gasteiger partial charge in [0, 0.05) is 12.8 Å². The highest BCUT2D eigenvalue weighted by Crippen LogP contribution is 2.18. The van der Waals surface area contributed by atoms with Crippen molar-refractivity contribution in [3.63, 3.8) is 0 Å². The number of hydrogen-bond donors (Lipinski definition) is 0. The first kappa shape index (κ1) is 43.3. The van der Waals surface area contributed by atoms with Crippen LogP contribution in [-0.4, -0.2) is 11.6 Å². The van der Waals surface area contributed by atoms with Crippen LogP contribution < -0.4 is 0 Å². The van der Waals surface area contributed by atoms with Crippen molar-refractivity contribution in [1.29, 1.82) is 0 Å². The van der Waals surface area contributed by atoms with E-state index in [1.54, 1.807) is 6.92 Å². The van der Waals surface area contributed by atoms with E-state index in [9.17, 15) is 9.59 Å². The molecule has 0 saturated heterocycles. The number of Topliss-reactive ketones (excluding diaryl/α,β-unsaturated/α-hetero) is 2. The Balaban J connectivity index is 3.38. The molecule has 0 spiro atoms. The zero-order chi connectivity index (χ0) is 32.2. The fourth-order valence-electron chi connectivity index (χ4n) is 6.55. The molecule has 0 aromatic rings. The molecule has 1 radical (unpaired) electrons. The molecule has 0 saturated carbocycles. The Kier molecular flexibility index (Phi) is 36.3. The smallest absolute Gasteiger partial charge is 0.147 e. The molecule has 261 valence electrons. The van der Waals surface area contributed by atoms with Gasteiger partial charge in [0.2, 0.25) is 0 Å². The lowest BCUT2D eigenvalue weighted by Crippen LogP contribution is -2.18. The van der Waals surface area contributed by atoms with Gasteiger partial charge in [-0.25, -0.2) is 0 Å². The van der Waals surface area contributed by atoms with Gasteiger partial charge in [0.25, 0.3) is 0 Å². The average Bonchev–Trinajstić information content (AvgIpc) is 3.03. The van der Waals surface area contributed by atoms with Crippen molar-refractivity contribution in [2.75, 3.05) is 0 Å². The summed E-state index contributed by atoms with van der Waals surface area (Å²) >= 11 is 0. The molecule has 0 amide bonds. The van der Waals surface area contributed by atoms with E-state index in [1.807, 2.05) is 0 Å². The Morgan fingerprint density at radius 2 is 0.432 bits per heavy atom. The molecular weight excluding hydrogens is 536 g/mol. The summed E-state index contributed by atoms with van der Waals surface area (Å²) in [5.74, 6) is 0.712. The van der Waals surface area contributed by atoms with E-state index in [2.05, 4.69) is 13.8 Å².